The molecule has 112 valence electrons. The first-order chi connectivity index (χ1) is 10.5. The van der Waals surface area contributed by atoms with Gasteiger partial charge in [0.15, 0.2) is 5.69 Å². The molecule has 6 nitrogen and oxygen atoms in total. The van der Waals surface area contributed by atoms with Gasteiger partial charge < -0.3 is 10.1 Å². The highest BCUT2D eigenvalue weighted by Crippen LogP contribution is 2.35. The minimum atomic E-state index is -0.471. The van der Waals surface area contributed by atoms with E-state index in [1.54, 1.807) is 5.38 Å². The molecule has 3 rings (SSSR count). The molecule has 0 atom stereocenters. The van der Waals surface area contributed by atoms with E-state index in [1.165, 1.54) is 29.5 Å². The van der Waals surface area contributed by atoms with Gasteiger partial charge in [0, 0.05) is 10.8 Å². The molecule has 0 aliphatic carbocycles. The lowest BCUT2D eigenvalue weighted by atomic mass is 10.2. The van der Waals surface area contributed by atoms with Crippen molar-refractivity contribution >= 4 is 33.8 Å². The molecular weight excluding hydrogens is 307 g/mol. The van der Waals surface area contributed by atoms with Gasteiger partial charge in [0.2, 0.25) is 5.88 Å². The highest BCUT2D eigenvalue weighted by molar-refractivity contribution is 7.09. The first-order valence-electron chi connectivity index (χ1n) is 6.38. The molecule has 0 radical (unpaired) electrons. The van der Waals surface area contributed by atoms with Crippen molar-refractivity contribution in [3.05, 3.63) is 40.1 Å². The van der Waals surface area contributed by atoms with Crippen LogP contribution in [0.3, 0.4) is 0 Å². The van der Waals surface area contributed by atoms with Crippen LogP contribution in [0.5, 0.6) is 5.88 Å². The van der Waals surface area contributed by atoms with Gasteiger partial charge in [0.25, 0.3) is 5.91 Å². The number of benzene rings is 1. The number of aryl methyl sites for hydroxylation is 1. The molecule has 0 spiro atoms. The Balaban J connectivity index is 1.83. The number of hydrogen-bond acceptors (Lipinski definition) is 5. The Morgan fingerprint density at radius 1 is 1.50 bits per heavy atom. The number of azo groups is 1. The number of nitrogens with zero attached hydrogens (tertiary/aromatic N) is 3. The SMILES string of the molecule is Cc1nc(CC(=O)N=Nc2c(O)[nH]c3cc(F)ccc23)cs1. The number of aromatic nitrogens is 2. The van der Waals surface area contributed by atoms with Gasteiger partial charge in [-0.05, 0) is 25.1 Å². The van der Waals surface area contributed by atoms with E-state index in [-0.39, 0.29) is 18.0 Å². The number of nitrogens with one attached hydrogen (secondary N) is 1. The average molecular weight is 318 g/mol. The van der Waals surface area contributed by atoms with Gasteiger partial charge in [0.05, 0.1) is 22.6 Å². The van der Waals surface area contributed by atoms with E-state index in [0.717, 1.165) is 5.01 Å². The highest BCUT2D eigenvalue weighted by atomic mass is 32.1. The summed E-state index contributed by atoms with van der Waals surface area (Å²) < 4.78 is 13.1. The van der Waals surface area contributed by atoms with E-state index in [9.17, 15) is 14.3 Å². The minimum absolute atomic E-state index is 0.0472. The second-order valence-electron chi connectivity index (χ2n) is 4.64. The number of rotatable bonds is 3. The normalized spacial score (nSPS) is 11.5. The molecule has 1 aromatic carbocycles. The summed E-state index contributed by atoms with van der Waals surface area (Å²) in [4.78, 5) is 18.5. The molecule has 3 aromatic rings. The van der Waals surface area contributed by atoms with Crippen molar-refractivity contribution in [1.82, 2.24) is 9.97 Å². The molecule has 0 aliphatic heterocycles. The topological polar surface area (TPSA) is 90.7 Å². The number of amides is 1. The number of thiazole rings is 1. The number of aromatic hydroxyl groups is 1. The Hall–Kier alpha value is -2.61. The summed E-state index contributed by atoms with van der Waals surface area (Å²) in [5.74, 6) is -1.17. The molecule has 0 saturated carbocycles. The molecule has 2 N–H and O–H groups in total. The summed E-state index contributed by atoms with van der Waals surface area (Å²) in [6.45, 7) is 1.85. The summed E-state index contributed by atoms with van der Waals surface area (Å²) in [5.41, 5.74) is 1.13. The van der Waals surface area contributed by atoms with Crippen LogP contribution in [0.1, 0.15) is 10.7 Å². The third kappa shape index (κ3) is 2.86. The summed E-state index contributed by atoms with van der Waals surface area (Å²) in [6, 6.07) is 3.94. The third-order valence-corrected chi connectivity index (χ3v) is 3.80. The molecule has 0 fully saturated rings. The molecule has 2 aromatic heterocycles. The van der Waals surface area contributed by atoms with Gasteiger partial charge in [0.1, 0.15) is 5.82 Å². The molecule has 0 unspecified atom stereocenters. The quantitative estimate of drug-likeness (QED) is 0.722. The second kappa shape index (κ2) is 5.64. The molecule has 0 saturated heterocycles. The minimum Gasteiger partial charge on any atom is -0.493 e. The van der Waals surface area contributed by atoms with Gasteiger partial charge in [-0.2, -0.15) is 0 Å². The molecular formula is C14H11FN4O2S. The summed E-state index contributed by atoms with van der Waals surface area (Å²) in [6.07, 6.45) is 0.0472. The number of carbonyl (C=O) groups excluding carboxylic acids is 1. The molecule has 22 heavy (non-hydrogen) atoms. The summed E-state index contributed by atoms with van der Waals surface area (Å²) >= 11 is 1.45. The summed E-state index contributed by atoms with van der Waals surface area (Å²) in [7, 11) is 0. The van der Waals surface area contributed by atoms with Crippen molar-refractivity contribution in [1.29, 1.82) is 0 Å². The highest BCUT2D eigenvalue weighted by Gasteiger charge is 2.12. The molecule has 0 aliphatic rings. The van der Waals surface area contributed by atoms with Crippen LogP contribution < -0.4 is 0 Å². The van der Waals surface area contributed by atoms with E-state index < -0.39 is 11.7 Å². The second-order valence-corrected chi connectivity index (χ2v) is 5.70. The largest absolute Gasteiger partial charge is 0.493 e. The zero-order chi connectivity index (χ0) is 15.7. The zero-order valence-corrected chi connectivity index (χ0v) is 12.3. The number of fused-ring (bicyclic) bond motifs is 1. The number of carbonyl (C=O) groups is 1. The number of H-pyrrole nitrogens is 1. The standard InChI is InChI=1S/C14H11FN4O2S/c1-7-16-9(6-22-7)5-12(20)18-19-13-10-3-2-8(15)4-11(10)17-14(13)21/h2-4,6,17,21H,5H2,1H3. The Kier molecular flexibility index (Phi) is 3.68. The molecule has 0 bridgehead atoms. The van der Waals surface area contributed by atoms with Gasteiger partial charge in [-0.15, -0.1) is 21.6 Å². The fourth-order valence-corrected chi connectivity index (χ4v) is 2.64. The third-order valence-electron chi connectivity index (χ3n) is 2.97. The van der Waals surface area contributed by atoms with E-state index in [4.69, 9.17) is 0 Å². The average Bonchev–Trinajstić information content (AvgIpc) is 2.99. The van der Waals surface area contributed by atoms with Crippen LogP contribution in [-0.4, -0.2) is 21.0 Å². The van der Waals surface area contributed by atoms with Crippen LogP contribution >= 0.6 is 11.3 Å². The number of aromatic amines is 1. The zero-order valence-electron chi connectivity index (χ0n) is 11.5. The van der Waals surface area contributed by atoms with E-state index in [2.05, 4.69) is 20.2 Å². The van der Waals surface area contributed by atoms with Crippen LogP contribution in [0, 0.1) is 12.7 Å². The van der Waals surface area contributed by atoms with Crippen LogP contribution in [0.4, 0.5) is 10.1 Å². The van der Waals surface area contributed by atoms with E-state index >= 15 is 0 Å². The van der Waals surface area contributed by atoms with Crippen molar-refractivity contribution in [3.63, 3.8) is 0 Å². The Bertz CT molecular complexity index is 884. The smallest absolute Gasteiger partial charge is 0.270 e. The van der Waals surface area contributed by atoms with Crippen molar-refractivity contribution in [2.24, 2.45) is 10.2 Å². The van der Waals surface area contributed by atoms with Crippen LogP contribution in [0.15, 0.2) is 33.8 Å². The Morgan fingerprint density at radius 3 is 3.05 bits per heavy atom. The molecule has 2 heterocycles. The monoisotopic (exact) mass is 318 g/mol. The van der Waals surface area contributed by atoms with Gasteiger partial charge >= 0.3 is 0 Å². The Labute approximate surface area is 128 Å². The van der Waals surface area contributed by atoms with Gasteiger partial charge in [-0.3, -0.25) is 4.79 Å². The Morgan fingerprint density at radius 2 is 2.32 bits per heavy atom. The predicted octanol–water partition coefficient (Wildman–Crippen LogP) is 3.63. The van der Waals surface area contributed by atoms with E-state index in [0.29, 0.717) is 16.6 Å². The fourth-order valence-electron chi connectivity index (χ4n) is 2.03. The molecule has 8 heteroatoms. The lowest BCUT2D eigenvalue weighted by Crippen LogP contribution is -1.98. The maximum Gasteiger partial charge on any atom is 0.270 e. The number of hydrogen-bond donors (Lipinski definition) is 2. The fraction of sp³-hybridized carbons (Fsp3) is 0.143. The lowest BCUT2D eigenvalue weighted by molar-refractivity contribution is -0.117. The maximum atomic E-state index is 13.1. The van der Waals surface area contributed by atoms with Crippen molar-refractivity contribution < 1.29 is 14.3 Å². The van der Waals surface area contributed by atoms with Gasteiger partial charge in [-0.1, -0.05) is 0 Å². The van der Waals surface area contributed by atoms with Gasteiger partial charge in [-0.25, -0.2) is 9.37 Å². The van der Waals surface area contributed by atoms with Crippen LogP contribution in [0.25, 0.3) is 10.9 Å². The van der Waals surface area contributed by atoms with Crippen molar-refractivity contribution in [2.75, 3.05) is 0 Å². The molecule has 1 amide bonds. The van der Waals surface area contributed by atoms with Crippen molar-refractivity contribution in [2.45, 2.75) is 13.3 Å². The summed E-state index contributed by atoms with van der Waals surface area (Å²) in [5, 5.41) is 20.3. The van der Waals surface area contributed by atoms with Crippen LogP contribution in [-0.2, 0) is 11.2 Å². The van der Waals surface area contributed by atoms with E-state index in [1.807, 2.05) is 6.92 Å². The lowest BCUT2D eigenvalue weighted by Gasteiger charge is -1.92. The van der Waals surface area contributed by atoms with Crippen molar-refractivity contribution in [3.8, 4) is 5.88 Å². The van der Waals surface area contributed by atoms with Crippen LogP contribution in [0.2, 0.25) is 0 Å². The first kappa shape index (κ1) is 14.3. The first-order valence-corrected chi connectivity index (χ1v) is 7.26. The number of halogens is 1. The maximum absolute atomic E-state index is 13.1. The predicted molar refractivity (Wildman–Crippen MR) is 80.0 cm³/mol.